The van der Waals surface area contributed by atoms with E-state index in [-0.39, 0.29) is 30.2 Å². The Morgan fingerprint density at radius 1 is 0.976 bits per heavy atom. The number of aryl methyl sites for hydroxylation is 1. The molecule has 0 radical (unpaired) electrons. The van der Waals surface area contributed by atoms with Gasteiger partial charge >= 0.3 is 0 Å². The summed E-state index contributed by atoms with van der Waals surface area (Å²) in [5, 5.41) is 14.4. The number of carbonyl (C=O) groups is 2. The van der Waals surface area contributed by atoms with Gasteiger partial charge in [-0.1, -0.05) is 80.1 Å². The lowest BCUT2D eigenvalue weighted by atomic mass is 10.0. The van der Waals surface area contributed by atoms with Crippen molar-refractivity contribution < 1.29 is 22.9 Å². The smallest absolute Gasteiger partial charge is 0.271 e. The summed E-state index contributed by atoms with van der Waals surface area (Å²) in [6.45, 7) is 3.48. The van der Waals surface area contributed by atoms with Crippen LogP contribution in [-0.4, -0.2) is 55.4 Å². The van der Waals surface area contributed by atoms with Gasteiger partial charge < -0.3 is 10.2 Å². The molecule has 0 saturated heterocycles. The number of anilines is 1. The summed E-state index contributed by atoms with van der Waals surface area (Å²) >= 11 is 0. The van der Waals surface area contributed by atoms with Crippen LogP contribution in [0.15, 0.2) is 78.9 Å². The lowest BCUT2D eigenvalue weighted by Gasteiger charge is -2.33. The van der Waals surface area contributed by atoms with Gasteiger partial charge in [-0.15, -0.1) is 0 Å². The molecule has 0 spiro atoms. The number of amides is 2. The summed E-state index contributed by atoms with van der Waals surface area (Å²) < 4.78 is 26.8. The molecule has 1 N–H and O–H groups in total. The fourth-order valence-corrected chi connectivity index (χ4v) is 5.31. The molecule has 0 saturated carbocycles. The van der Waals surface area contributed by atoms with Crippen molar-refractivity contribution in [3.05, 3.63) is 106 Å². The average Bonchev–Trinajstić information content (AvgIpc) is 2.94. The Bertz CT molecular complexity index is 1450. The number of sulfonamides is 1. The highest BCUT2D eigenvalue weighted by molar-refractivity contribution is 7.92. The maximum Gasteiger partial charge on any atom is 0.271 e. The lowest BCUT2D eigenvalue weighted by Crippen LogP contribution is -2.53. The first kappa shape index (κ1) is 31.3. The molecule has 1 unspecified atom stereocenters. The average molecular weight is 581 g/mol. The van der Waals surface area contributed by atoms with Crippen LogP contribution in [0.4, 0.5) is 11.4 Å². The molecule has 10 nitrogen and oxygen atoms in total. The predicted octanol–water partition coefficient (Wildman–Crippen LogP) is 4.23. The number of rotatable bonds is 14. The van der Waals surface area contributed by atoms with Crippen molar-refractivity contribution in [3.8, 4) is 0 Å². The molecule has 11 heteroatoms. The number of benzene rings is 3. The number of non-ortho nitro benzene ring substituents is 1. The molecule has 0 aliphatic carbocycles. The molecular formula is C30H36N4O6S. The van der Waals surface area contributed by atoms with E-state index in [1.165, 1.54) is 17.0 Å². The van der Waals surface area contributed by atoms with Gasteiger partial charge in [-0.3, -0.25) is 24.0 Å². The van der Waals surface area contributed by atoms with E-state index in [4.69, 9.17) is 0 Å². The monoisotopic (exact) mass is 580 g/mol. The van der Waals surface area contributed by atoms with Crippen LogP contribution < -0.4 is 9.62 Å². The van der Waals surface area contributed by atoms with Gasteiger partial charge in [0.1, 0.15) is 12.6 Å². The van der Waals surface area contributed by atoms with Crippen molar-refractivity contribution in [2.75, 3.05) is 23.7 Å². The molecule has 0 aliphatic heterocycles. The molecule has 3 aromatic rings. The van der Waals surface area contributed by atoms with Crippen LogP contribution in [0.5, 0.6) is 0 Å². The number of hydrogen-bond donors (Lipinski definition) is 1. The third-order valence-corrected chi connectivity index (χ3v) is 7.77. The number of hydrogen-bond acceptors (Lipinski definition) is 6. The van der Waals surface area contributed by atoms with Crippen LogP contribution in [0.2, 0.25) is 0 Å². The number of unbranched alkanes of at least 4 members (excludes halogenated alkanes) is 1. The van der Waals surface area contributed by atoms with Crippen LogP contribution in [0.3, 0.4) is 0 Å². The van der Waals surface area contributed by atoms with Crippen molar-refractivity contribution in [3.63, 3.8) is 0 Å². The Kier molecular flexibility index (Phi) is 11.0. The number of nitrogens with one attached hydrogen (secondary N) is 1. The SMILES string of the molecule is CCCCNC(=O)C(Cc1ccccc1)N(Cc1ccccc1)C(=O)CN(c1cc([N+](=O)[O-])ccc1C)S(C)(=O)=O. The van der Waals surface area contributed by atoms with Gasteiger partial charge in [0, 0.05) is 31.6 Å². The Morgan fingerprint density at radius 3 is 2.15 bits per heavy atom. The highest BCUT2D eigenvalue weighted by atomic mass is 32.2. The summed E-state index contributed by atoms with van der Waals surface area (Å²) in [6, 6.07) is 21.4. The zero-order chi connectivity index (χ0) is 30.0. The maximum atomic E-state index is 14.1. The highest BCUT2D eigenvalue weighted by Crippen LogP contribution is 2.28. The van der Waals surface area contributed by atoms with Crippen molar-refractivity contribution in [1.82, 2.24) is 10.2 Å². The van der Waals surface area contributed by atoms with Crippen molar-refractivity contribution in [2.24, 2.45) is 0 Å². The van der Waals surface area contributed by atoms with E-state index in [0.717, 1.165) is 40.6 Å². The largest absolute Gasteiger partial charge is 0.354 e. The fourth-order valence-electron chi connectivity index (χ4n) is 4.42. The van der Waals surface area contributed by atoms with Gasteiger partial charge in [-0.25, -0.2) is 8.42 Å². The Labute approximate surface area is 241 Å². The Hall–Kier alpha value is -4.25. The second-order valence-electron chi connectivity index (χ2n) is 9.85. The summed E-state index contributed by atoms with van der Waals surface area (Å²) in [5.41, 5.74) is 1.77. The van der Waals surface area contributed by atoms with Gasteiger partial charge in [0.15, 0.2) is 0 Å². The Morgan fingerprint density at radius 2 is 1.59 bits per heavy atom. The van der Waals surface area contributed by atoms with Crippen molar-refractivity contribution in [1.29, 1.82) is 0 Å². The first-order chi connectivity index (χ1) is 19.5. The molecule has 0 aliphatic rings. The topological polar surface area (TPSA) is 130 Å². The summed E-state index contributed by atoms with van der Waals surface area (Å²) in [7, 11) is -4.04. The molecule has 3 rings (SSSR count). The van der Waals surface area contributed by atoms with Crippen LogP contribution in [0, 0.1) is 17.0 Å². The fraction of sp³-hybridized carbons (Fsp3) is 0.333. The minimum absolute atomic E-state index is 0.0294. The van der Waals surface area contributed by atoms with Gasteiger partial charge in [0.2, 0.25) is 21.8 Å². The summed E-state index contributed by atoms with van der Waals surface area (Å²) in [4.78, 5) is 39.9. The molecule has 2 amide bonds. The van der Waals surface area contributed by atoms with Gasteiger partial charge in [0.25, 0.3) is 5.69 Å². The quantitative estimate of drug-likeness (QED) is 0.173. The third-order valence-electron chi connectivity index (χ3n) is 6.65. The van der Waals surface area contributed by atoms with Gasteiger partial charge in [-0.2, -0.15) is 0 Å². The normalized spacial score (nSPS) is 11.9. The number of nitrogens with zero attached hydrogens (tertiary/aromatic N) is 3. The zero-order valence-corrected chi connectivity index (χ0v) is 24.3. The predicted molar refractivity (Wildman–Crippen MR) is 159 cm³/mol. The third kappa shape index (κ3) is 8.87. The van der Waals surface area contributed by atoms with E-state index in [2.05, 4.69) is 5.32 Å². The van der Waals surface area contributed by atoms with Crippen LogP contribution in [0.1, 0.15) is 36.5 Å². The molecule has 0 fully saturated rings. The van der Waals surface area contributed by atoms with E-state index in [1.807, 2.05) is 67.6 Å². The molecule has 0 bridgehead atoms. The van der Waals surface area contributed by atoms with Gasteiger partial charge in [0.05, 0.1) is 16.9 Å². The first-order valence-electron chi connectivity index (χ1n) is 13.4. The molecule has 0 aromatic heterocycles. The minimum atomic E-state index is -4.04. The van der Waals surface area contributed by atoms with E-state index in [9.17, 15) is 28.1 Å². The number of carbonyl (C=O) groups excluding carboxylic acids is 2. The standard InChI is InChI=1S/C30H36N4O6S/c1-4-5-18-31-30(36)28(19-24-12-8-6-9-13-24)32(21-25-14-10-7-11-15-25)29(35)22-33(41(3,39)40)27-20-26(34(37)38)17-16-23(27)2/h6-17,20,28H,4-5,18-19,21-22H2,1-3H3,(H,31,36). The molecule has 218 valence electrons. The van der Waals surface area contributed by atoms with E-state index >= 15 is 0 Å². The first-order valence-corrected chi connectivity index (χ1v) is 15.2. The van der Waals surface area contributed by atoms with E-state index < -0.39 is 33.4 Å². The molecule has 41 heavy (non-hydrogen) atoms. The lowest BCUT2D eigenvalue weighted by molar-refractivity contribution is -0.384. The number of nitro benzene ring substituents is 1. The second kappa shape index (κ2) is 14.4. The van der Waals surface area contributed by atoms with E-state index in [0.29, 0.717) is 12.1 Å². The maximum absolute atomic E-state index is 14.1. The van der Waals surface area contributed by atoms with Crippen molar-refractivity contribution in [2.45, 2.75) is 45.7 Å². The van der Waals surface area contributed by atoms with Crippen molar-refractivity contribution >= 4 is 33.2 Å². The molecular weight excluding hydrogens is 544 g/mol. The van der Waals surface area contributed by atoms with Crippen LogP contribution in [0.25, 0.3) is 0 Å². The van der Waals surface area contributed by atoms with E-state index in [1.54, 1.807) is 6.92 Å². The highest BCUT2D eigenvalue weighted by Gasteiger charge is 2.33. The molecule has 3 aromatic carbocycles. The number of nitro groups is 1. The Balaban J connectivity index is 2.06. The summed E-state index contributed by atoms with van der Waals surface area (Å²) in [6.07, 6.45) is 2.80. The zero-order valence-electron chi connectivity index (χ0n) is 23.5. The summed E-state index contributed by atoms with van der Waals surface area (Å²) in [5.74, 6) is -0.958. The van der Waals surface area contributed by atoms with Crippen LogP contribution in [-0.2, 0) is 32.6 Å². The molecule has 0 heterocycles. The molecule has 1 atom stereocenters. The second-order valence-corrected chi connectivity index (χ2v) is 11.8. The van der Waals surface area contributed by atoms with Crippen LogP contribution >= 0.6 is 0 Å². The minimum Gasteiger partial charge on any atom is -0.354 e. The van der Waals surface area contributed by atoms with Gasteiger partial charge in [-0.05, 0) is 30.0 Å².